The molecule has 0 N–H and O–H groups in total. The van der Waals surface area contributed by atoms with Gasteiger partial charge in [-0.25, -0.2) is 0 Å². The van der Waals surface area contributed by atoms with Gasteiger partial charge in [-0.15, -0.1) is 0 Å². The largest absolute Gasteiger partial charge is 0.385 e. The molecule has 334 valence electrons. The molecule has 0 aromatic rings. The van der Waals surface area contributed by atoms with E-state index in [1.165, 1.54) is 180 Å². The zero-order valence-corrected chi connectivity index (χ0v) is 38.7. The van der Waals surface area contributed by atoms with Crippen LogP contribution in [-0.2, 0) is 9.47 Å². The molecule has 58 heavy (non-hydrogen) atoms. The molecule has 0 unspecified atom stereocenters. The standard InChI is InChI=1S/C54H96N2O2/c1-57-39-37-41-13-25-49(26-14-41)55(51-29-17-45(18-30-51)43-9-5-3-6-10-43)53-33-21-47(22-34-53)48-23-35-54(36-24-48)56(50-27-15-42(16-28-50)38-40-58-2)52-31-19-46(20-32-52)44-11-7-4-8-12-44/h41-54H,3-40H2,1-2H3. The Labute approximate surface area is 360 Å². The average molecular weight is 805 g/mol. The molecule has 8 saturated carbocycles. The second kappa shape index (κ2) is 23.0. The van der Waals surface area contributed by atoms with Gasteiger partial charge in [0.1, 0.15) is 0 Å². The van der Waals surface area contributed by atoms with E-state index in [9.17, 15) is 0 Å². The molecule has 8 rings (SSSR count). The fourth-order valence-corrected chi connectivity index (χ4v) is 16.5. The summed E-state index contributed by atoms with van der Waals surface area (Å²) in [7, 11) is 3.79. The number of methoxy groups -OCH3 is 2. The summed E-state index contributed by atoms with van der Waals surface area (Å²) in [5, 5.41) is 0. The Hall–Kier alpha value is -0.160. The molecule has 0 bridgehead atoms. The summed E-state index contributed by atoms with van der Waals surface area (Å²) >= 11 is 0. The number of rotatable bonds is 15. The fraction of sp³-hybridized carbons (Fsp3) is 1.00. The minimum Gasteiger partial charge on any atom is -0.385 e. The van der Waals surface area contributed by atoms with Gasteiger partial charge in [0.2, 0.25) is 0 Å². The molecule has 0 saturated heterocycles. The zero-order valence-electron chi connectivity index (χ0n) is 38.7. The van der Waals surface area contributed by atoms with Crippen molar-refractivity contribution in [2.45, 2.75) is 267 Å². The van der Waals surface area contributed by atoms with Crippen molar-refractivity contribution >= 4 is 0 Å². The number of hydrogen-bond donors (Lipinski definition) is 0. The first kappa shape index (κ1) is 44.4. The highest BCUT2D eigenvalue weighted by Gasteiger charge is 2.43. The number of nitrogens with zero attached hydrogens (tertiary/aromatic N) is 2. The maximum atomic E-state index is 5.52. The third-order valence-corrected chi connectivity index (χ3v) is 19.9. The Bertz CT molecular complexity index is 1010. The molecular formula is C54H96N2O2. The molecule has 0 atom stereocenters. The summed E-state index contributed by atoms with van der Waals surface area (Å²) in [4.78, 5) is 6.56. The van der Waals surface area contributed by atoms with E-state index in [4.69, 9.17) is 9.47 Å². The van der Waals surface area contributed by atoms with Gasteiger partial charge in [0.15, 0.2) is 0 Å². The molecule has 8 aliphatic carbocycles. The molecule has 0 spiro atoms. The second-order valence-corrected chi connectivity index (χ2v) is 22.9. The highest BCUT2D eigenvalue weighted by Crippen LogP contribution is 2.48. The monoisotopic (exact) mass is 805 g/mol. The predicted molar refractivity (Wildman–Crippen MR) is 244 cm³/mol. The SMILES string of the molecule is COCCC1CCC(N(C2CCC(C3CCCCC3)CC2)C2CCC(C3CCC(N(C4CCC(CCOC)CC4)C4CCC(C5CCCCC5)CC4)CC3)CC2)CC1. The highest BCUT2D eigenvalue weighted by atomic mass is 16.5. The van der Waals surface area contributed by atoms with E-state index in [0.29, 0.717) is 0 Å². The lowest BCUT2D eigenvalue weighted by atomic mass is 9.69. The fourth-order valence-electron chi connectivity index (χ4n) is 16.5. The molecular weight excluding hydrogens is 709 g/mol. The van der Waals surface area contributed by atoms with Gasteiger partial charge in [0.05, 0.1) is 0 Å². The number of hydrogen-bond acceptors (Lipinski definition) is 4. The average Bonchev–Trinajstić information content (AvgIpc) is 3.30. The van der Waals surface area contributed by atoms with Crippen molar-refractivity contribution in [3.8, 4) is 0 Å². The molecule has 8 fully saturated rings. The van der Waals surface area contributed by atoms with Crippen LogP contribution in [0.15, 0.2) is 0 Å². The maximum Gasteiger partial charge on any atom is 0.0464 e. The van der Waals surface area contributed by atoms with Gasteiger partial charge >= 0.3 is 0 Å². The van der Waals surface area contributed by atoms with Crippen molar-refractivity contribution in [3.63, 3.8) is 0 Å². The molecule has 8 aliphatic rings. The molecule has 0 aliphatic heterocycles. The normalized spacial score (nSPS) is 40.6. The van der Waals surface area contributed by atoms with Crippen LogP contribution in [0.25, 0.3) is 0 Å². The van der Waals surface area contributed by atoms with Gasteiger partial charge in [0.25, 0.3) is 0 Å². The van der Waals surface area contributed by atoms with Crippen LogP contribution < -0.4 is 0 Å². The summed E-state index contributed by atoms with van der Waals surface area (Å²) in [6, 6.07) is 5.26. The Balaban J connectivity index is 0.852. The van der Waals surface area contributed by atoms with Crippen LogP contribution in [0.3, 0.4) is 0 Å². The lowest BCUT2D eigenvalue weighted by molar-refractivity contribution is -0.0188. The van der Waals surface area contributed by atoms with Gasteiger partial charge in [-0.2, -0.15) is 0 Å². The van der Waals surface area contributed by atoms with E-state index in [1.807, 2.05) is 14.2 Å². The molecule has 0 radical (unpaired) electrons. The Kier molecular flexibility index (Phi) is 17.6. The van der Waals surface area contributed by atoms with Crippen molar-refractivity contribution in [1.29, 1.82) is 0 Å². The van der Waals surface area contributed by atoms with Crippen molar-refractivity contribution in [3.05, 3.63) is 0 Å². The van der Waals surface area contributed by atoms with Crippen LogP contribution in [0.5, 0.6) is 0 Å². The van der Waals surface area contributed by atoms with Crippen LogP contribution >= 0.6 is 0 Å². The molecule has 4 nitrogen and oxygen atoms in total. The first-order valence-corrected chi connectivity index (χ1v) is 27.2. The summed E-state index contributed by atoms with van der Waals surface area (Å²) in [6.45, 7) is 1.93. The topological polar surface area (TPSA) is 24.9 Å². The molecule has 0 heterocycles. The summed E-state index contributed by atoms with van der Waals surface area (Å²) < 4.78 is 11.0. The van der Waals surface area contributed by atoms with Crippen LogP contribution in [0, 0.1) is 47.3 Å². The molecule has 0 aromatic carbocycles. The lowest BCUT2D eigenvalue weighted by Crippen LogP contribution is -2.54. The van der Waals surface area contributed by atoms with Crippen molar-refractivity contribution < 1.29 is 9.47 Å². The van der Waals surface area contributed by atoms with Crippen LogP contribution in [0.2, 0.25) is 0 Å². The van der Waals surface area contributed by atoms with E-state index < -0.39 is 0 Å². The highest BCUT2D eigenvalue weighted by molar-refractivity contribution is 4.97. The van der Waals surface area contributed by atoms with Crippen LogP contribution in [0.1, 0.15) is 231 Å². The zero-order chi connectivity index (χ0) is 39.5. The third kappa shape index (κ3) is 11.7. The maximum absolute atomic E-state index is 5.52. The Morgan fingerprint density at radius 2 is 0.500 bits per heavy atom. The third-order valence-electron chi connectivity index (χ3n) is 19.9. The Morgan fingerprint density at radius 3 is 0.741 bits per heavy atom. The summed E-state index contributed by atoms with van der Waals surface area (Å²) in [5.41, 5.74) is 0. The van der Waals surface area contributed by atoms with Gasteiger partial charge in [0, 0.05) is 63.7 Å². The van der Waals surface area contributed by atoms with E-state index in [0.717, 1.165) is 96.8 Å². The van der Waals surface area contributed by atoms with Crippen molar-refractivity contribution in [2.24, 2.45) is 47.3 Å². The van der Waals surface area contributed by atoms with E-state index in [1.54, 1.807) is 51.4 Å². The van der Waals surface area contributed by atoms with Gasteiger partial charge in [-0.3, -0.25) is 9.80 Å². The predicted octanol–water partition coefficient (Wildman–Crippen LogP) is 14.2. The minimum absolute atomic E-state index is 0.866. The number of ether oxygens (including phenoxy) is 2. The smallest absolute Gasteiger partial charge is 0.0464 e. The minimum atomic E-state index is 0.866. The van der Waals surface area contributed by atoms with Gasteiger partial charge in [-0.05, 0) is 214 Å². The van der Waals surface area contributed by atoms with Crippen molar-refractivity contribution in [1.82, 2.24) is 9.80 Å². The molecule has 4 heteroatoms. The second-order valence-electron chi connectivity index (χ2n) is 22.9. The summed E-state index contributed by atoms with van der Waals surface area (Å²) in [6.07, 6.45) is 54.0. The van der Waals surface area contributed by atoms with Crippen LogP contribution in [0.4, 0.5) is 0 Å². The summed E-state index contributed by atoms with van der Waals surface area (Å²) in [5.74, 6) is 8.10. The van der Waals surface area contributed by atoms with Gasteiger partial charge < -0.3 is 9.47 Å². The van der Waals surface area contributed by atoms with E-state index in [2.05, 4.69) is 9.80 Å². The molecule has 0 aromatic heterocycles. The first-order chi connectivity index (χ1) is 28.7. The van der Waals surface area contributed by atoms with Gasteiger partial charge in [-0.1, -0.05) is 64.2 Å². The van der Waals surface area contributed by atoms with E-state index >= 15 is 0 Å². The lowest BCUT2D eigenvalue weighted by Gasteiger charge is -2.52. The first-order valence-electron chi connectivity index (χ1n) is 27.2. The van der Waals surface area contributed by atoms with Crippen LogP contribution in [-0.4, -0.2) is 73.5 Å². The van der Waals surface area contributed by atoms with E-state index in [-0.39, 0.29) is 0 Å². The Morgan fingerprint density at radius 1 is 0.276 bits per heavy atom. The molecule has 0 amide bonds. The van der Waals surface area contributed by atoms with Crippen molar-refractivity contribution in [2.75, 3.05) is 27.4 Å². The quantitative estimate of drug-likeness (QED) is 0.165.